The first kappa shape index (κ1) is 12.2. The van der Waals surface area contributed by atoms with Crippen LogP contribution in [0.15, 0.2) is 0 Å². The lowest BCUT2D eigenvalue weighted by Crippen LogP contribution is -2.46. The lowest BCUT2D eigenvalue weighted by molar-refractivity contribution is -0.125. The van der Waals surface area contributed by atoms with Crippen molar-refractivity contribution in [3.63, 3.8) is 0 Å². The molecule has 0 spiro atoms. The summed E-state index contributed by atoms with van der Waals surface area (Å²) in [4.78, 5) is 32.0. The zero-order valence-corrected chi connectivity index (χ0v) is 7.78. The monoisotopic (exact) mass is 203 g/mol. The van der Waals surface area contributed by atoms with Crippen molar-refractivity contribution in [2.75, 3.05) is 6.61 Å². The summed E-state index contributed by atoms with van der Waals surface area (Å²) < 4.78 is 4.49. The third kappa shape index (κ3) is 4.96. The molecule has 0 aromatic carbocycles. The number of ether oxygens (including phenoxy) is 1. The maximum Gasteiger partial charge on any atom is 0.407 e. The molecule has 0 bridgehead atoms. The van der Waals surface area contributed by atoms with Gasteiger partial charge in [-0.05, 0) is 6.92 Å². The molecule has 3 amide bonds. The second kappa shape index (κ2) is 5.79. The van der Waals surface area contributed by atoms with Gasteiger partial charge < -0.3 is 21.5 Å². The van der Waals surface area contributed by atoms with E-state index in [4.69, 9.17) is 11.5 Å². The van der Waals surface area contributed by atoms with Crippen molar-refractivity contribution < 1.29 is 19.1 Å². The molecule has 0 aliphatic heterocycles. The largest absolute Gasteiger partial charge is 0.450 e. The molecule has 5 N–H and O–H groups in total. The van der Waals surface area contributed by atoms with Gasteiger partial charge in [0.25, 0.3) is 0 Å². The molecule has 1 unspecified atom stereocenters. The summed E-state index contributed by atoms with van der Waals surface area (Å²) in [6.07, 6.45) is -1.15. The van der Waals surface area contributed by atoms with Crippen LogP contribution in [0, 0.1) is 0 Å². The maximum atomic E-state index is 10.8. The summed E-state index contributed by atoms with van der Waals surface area (Å²) in [6, 6.07) is -1.12. The lowest BCUT2D eigenvalue weighted by Gasteiger charge is -2.12. The van der Waals surface area contributed by atoms with Crippen LogP contribution in [0.2, 0.25) is 0 Å². The molecule has 0 radical (unpaired) electrons. The topological polar surface area (TPSA) is 125 Å². The van der Waals surface area contributed by atoms with Crippen LogP contribution in [0.4, 0.5) is 4.79 Å². The van der Waals surface area contributed by atoms with Crippen LogP contribution < -0.4 is 16.8 Å². The van der Waals surface area contributed by atoms with Crippen LogP contribution in [0.3, 0.4) is 0 Å². The Bertz CT molecular complexity index is 241. The summed E-state index contributed by atoms with van der Waals surface area (Å²) in [6.45, 7) is 1.76. The number of hydrogen-bond acceptors (Lipinski definition) is 4. The first-order valence-electron chi connectivity index (χ1n) is 3.98. The minimum atomic E-state index is -1.12. The van der Waals surface area contributed by atoms with Gasteiger partial charge in [0.05, 0.1) is 13.0 Å². The molecule has 80 valence electrons. The zero-order chi connectivity index (χ0) is 11.1. The molecule has 7 heteroatoms. The van der Waals surface area contributed by atoms with E-state index in [1.807, 2.05) is 0 Å². The summed E-state index contributed by atoms with van der Waals surface area (Å²) in [7, 11) is 0. The van der Waals surface area contributed by atoms with E-state index in [0.29, 0.717) is 0 Å². The summed E-state index contributed by atoms with van der Waals surface area (Å²) >= 11 is 0. The number of carbonyl (C=O) groups excluding carboxylic acids is 3. The van der Waals surface area contributed by atoms with Gasteiger partial charge in [-0.15, -0.1) is 0 Å². The van der Waals surface area contributed by atoms with Gasteiger partial charge in [-0.2, -0.15) is 0 Å². The highest BCUT2D eigenvalue weighted by Gasteiger charge is 2.20. The van der Waals surface area contributed by atoms with Crippen molar-refractivity contribution in [1.29, 1.82) is 0 Å². The van der Waals surface area contributed by atoms with Crippen LogP contribution >= 0.6 is 0 Å². The molecule has 0 aromatic heterocycles. The minimum absolute atomic E-state index is 0.161. The molecule has 0 aliphatic carbocycles. The molecule has 0 rings (SSSR count). The molecule has 14 heavy (non-hydrogen) atoms. The summed E-state index contributed by atoms with van der Waals surface area (Å²) in [5.74, 6) is -1.57. The molecule has 0 saturated carbocycles. The Morgan fingerprint density at radius 3 is 2.29 bits per heavy atom. The molecular formula is C7H13N3O4. The van der Waals surface area contributed by atoms with E-state index in [-0.39, 0.29) is 13.0 Å². The highest BCUT2D eigenvalue weighted by molar-refractivity contribution is 5.89. The van der Waals surface area contributed by atoms with E-state index in [2.05, 4.69) is 10.1 Å². The fourth-order valence-electron chi connectivity index (χ4n) is 0.739. The molecule has 0 aromatic rings. The molecule has 0 aliphatic rings. The Balaban J connectivity index is 4.16. The first-order chi connectivity index (χ1) is 6.47. The predicted octanol–water partition coefficient (Wildman–Crippen LogP) is -1.54. The Kier molecular flexibility index (Phi) is 5.05. The van der Waals surface area contributed by atoms with Gasteiger partial charge in [-0.25, -0.2) is 4.79 Å². The number of rotatable bonds is 5. The van der Waals surface area contributed by atoms with Crippen molar-refractivity contribution in [2.24, 2.45) is 11.5 Å². The van der Waals surface area contributed by atoms with Crippen molar-refractivity contribution in [1.82, 2.24) is 5.32 Å². The molecule has 0 fully saturated rings. The van der Waals surface area contributed by atoms with E-state index in [9.17, 15) is 14.4 Å². The van der Waals surface area contributed by atoms with E-state index >= 15 is 0 Å². The van der Waals surface area contributed by atoms with Crippen molar-refractivity contribution in [3.8, 4) is 0 Å². The van der Waals surface area contributed by atoms with Gasteiger partial charge in [0.2, 0.25) is 11.8 Å². The van der Waals surface area contributed by atoms with Gasteiger partial charge in [0, 0.05) is 0 Å². The zero-order valence-electron chi connectivity index (χ0n) is 7.78. The fraction of sp³-hybridized carbons (Fsp3) is 0.571. The van der Waals surface area contributed by atoms with E-state index in [0.717, 1.165) is 0 Å². The van der Waals surface area contributed by atoms with Crippen LogP contribution in [-0.2, 0) is 14.3 Å². The quantitative estimate of drug-likeness (QED) is 0.500. The number of amides is 3. The van der Waals surface area contributed by atoms with Crippen LogP contribution in [0.25, 0.3) is 0 Å². The standard InChI is InChI=1S/C7H13N3O4/c1-2-14-7(13)10-4(6(9)12)3-5(8)11/h4H,2-3H2,1H3,(H2,8,11)(H2,9,12)(H,10,13). The minimum Gasteiger partial charge on any atom is -0.450 e. The number of alkyl carbamates (subject to hydrolysis) is 1. The van der Waals surface area contributed by atoms with Gasteiger partial charge in [0.1, 0.15) is 6.04 Å². The molecule has 1 atom stereocenters. The third-order valence-electron chi connectivity index (χ3n) is 1.32. The summed E-state index contributed by atoms with van der Waals surface area (Å²) in [5.41, 5.74) is 9.75. The average Bonchev–Trinajstić information content (AvgIpc) is 2.02. The van der Waals surface area contributed by atoms with Crippen molar-refractivity contribution in [2.45, 2.75) is 19.4 Å². The Labute approximate surface area is 80.8 Å². The number of primary amides is 2. The molecule has 7 nitrogen and oxygen atoms in total. The van der Waals surface area contributed by atoms with Crippen LogP contribution in [0.1, 0.15) is 13.3 Å². The maximum absolute atomic E-state index is 10.8. The molecule has 0 saturated heterocycles. The Hall–Kier alpha value is -1.79. The summed E-state index contributed by atoms with van der Waals surface area (Å²) in [5, 5.41) is 2.11. The van der Waals surface area contributed by atoms with Gasteiger partial charge in [-0.1, -0.05) is 0 Å². The number of hydrogen-bond donors (Lipinski definition) is 3. The van der Waals surface area contributed by atoms with Crippen molar-refractivity contribution >= 4 is 17.9 Å². The van der Waals surface area contributed by atoms with E-state index < -0.39 is 23.9 Å². The molecular weight excluding hydrogens is 190 g/mol. The fourth-order valence-corrected chi connectivity index (χ4v) is 0.739. The van der Waals surface area contributed by atoms with Gasteiger partial charge in [-0.3, -0.25) is 9.59 Å². The highest BCUT2D eigenvalue weighted by Crippen LogP contribution is 1.91. The van der Waals surface area contributed by atoms with Crippen LogP contribution in [0.5, 0.6) is 0 Å². The average molecular weight is 203 g/mol. The highest BCUT2D eigenvalue weighted by atomic mass is 16.5. The number of nitrogens with two attached hydrogens (primary N) is 2. The predicted molar refractivity (Wildman–Crippen MR) is 47.0 cm³/mol. The van der Waals surface area contributed by atoms with E-state index in [1.165, 1.54) is 0 Å². The molecule has 0 heterocycles. The SMILES string of the molecule is CCOC(=O)NC(CC(N)=O)C(N)=O. The van der Waals surface area contributed by atoms with Crippen LogP contribution in [-0.4, -0.2) is 30.6 Å². The third-order valence-corrected chi connectivity index (χ3v) is 1.32. The first-order valence-corrected chi connectivity index (χ1v) is 3.98. The second-order valence-corrected chi connectivity index (χ2v) is 2.49. The lowest BCUT2D eigenvalue weighted by atomic mass is 10.2. The Morgan fingerprint density at radius 2 is 1.93 bits per heavy atom. The van der Waals surface area contributed by atoms with Gasteiger partial charge >= 0.3 is 6.09 Å². The Morgan fingerprint density at radius 1 is 1.36 bits per heavy atom. The normalized spacial score (nSPS) is 11.5. The van der Waals surface area contributed by atoms with E-state index in [1.54, 1.807) is 6.92 Å². The van der Waals surface area contributed by atoms with Crippen molar-refractivity contribution in [3.05, 3.63) is 0 Å². The number of carbonyl (C=O) groups is 3. The second-order valence-electron chi connectivity index (χ2n) is 2.49. The number of nitrogens with one attached hydrogen (secondary N) is 1. The van der Waals surface area contributed by atoms with Gasteiger partial charge in [0.15, 0.2) is 0 Å². The smallest absolute Gasteiger partial charge is 0.407 e.